The van der Waals surface area contributed by atoms with Gasteiger partial charge in [0.05, 0.1) is 18.3 Å². The zero-order valence-electron chi connectivity index (χ0n) is 20.2. The Morgan fingerprint density at radius 1 is 0.867 bits per heavy atom. The normalized spacial score (nSPS) is 51.9. The van der Waals surface area contributed by atoms with Crippen LogP contribution in [0.3, 0.4) is 0 Å². The van der Waals surface area contributed by atoms with E-state index < -0.39 is 0 Å². The van der Waals surface area contributed by atoms with Gasteiger partial charge in [0, 0.05) is 0 Å². The molecule has 4 aliphatic carbocycles. The molecule has 174 valence electrons. The van der Waals surface area contributed by atoms with Crippen LogP contribution >= 0.6 is 0 Å². The summed E-state index contributed by atoms with van der Waals surface area (Å²) >= 11 is 0. The highest BCUT2D eigenvalue weighted by atomic mass is 16.3. The Hall–Kier alpha value is -0.120. The number of fused-ring (bicyclic) bond motifs is 5. The third kappa shape index (κ3) is 3.59. The van der Waals surface area contributed by atoms with E-state index in [0.29, 0.717) is 35.5 Å². The first-order valence-electron chi connectivity index (χ1n) is 13.1. The molecule has 0 aromatic heterocycles. The van der Waals surface area contributed by atoms with Gasteiger partial charge in [-0.25, -0.2) is 0 Å². The molecule has 0 unspecified atom stereocenters. The summed E-state index contributed by atoms with van der Waals surface area (Å²) in [5.74, 6) is 3.59. The number of hydrogen-bond acceptors (Lipinski definition) is 3. The maximum Gasteiger partial charge on any atom is 0.0602 e. The van der Waals surface area contributed by atoms with Crippen LogP contribution in [-0.2, 0) is 0 Å². The lowest BCUT2D eigenvalue weighted by atomic mass is 9.43. The van der Waals surface area contributed by atoms with Gasteiger partial charge in [0.15, 0.2) is 0 Å². The first-order chi connectivity index (χ1) is 14.1. The van der Waals surface area contributed by atoms with Gasteiger partial charge in [-0.05, 0) is 97.2 Å². The van der Waals surface area contributed by atoms with Gasteiger partial charge in [-0.2, -0.15) is 0 Å². The molecule has 0 bridgehead atoms. The molecule has 4 saturated carbocycles. The van der Waals surface area contributed by atoms with Crippen LogP contribution in [0.2, 0.25) is 0 Å². The molecule has 0 aliphatic heterocycles. The average Bonchev–Trinajstić information content (AvgIpc) is 3.02. The molecule has 3 heteroatoms. The third-order valence-corrected chi connectivity index (χ3v) is 11.0. The number of rotatable bonds is 5. The summed E-state index contributed by atoms with van der Waals surface area (Å²) in [5.41, 5.74) is 0.128. The van der Waals surface area contributed by atoms with Crippen molar-refractivity contribution in [3.05, 3.63) is 0 Å². The second kappa shape index (κ2) is 8.34. The van der Waals surface area contributed by atoms with Gasteiger partial charge in [0.2, 0.25) is 0 Å². The second-order valence-corrected chi connectivity index (χ2v) is 12.8. The summed E-state index contributed by atoms with van der Waals surface area (Å²) in [6.45, 7) is 11.8. The molecule has 3 nitrogen and oxygen atoms in total. The average molecular weight is 421 g/mol. The standard InChI is InChI=1S/C27H48O3/c1-16(2)7-6-8-17(3)20-9-10-21-25-22(15-24(30)27(20,21)5)26(4)12-11-19(28)13-18(26)14-23(25)29/h16-25,28-30H,6-15H2,1-5H3/t17-,18+,19-,20-,21+,22-,23-,24+,25+,26+,27-/m1/s1. The molecule has 4 fully saturated rings. The van der Waals surface area contributed by atoms with E-state index in [1.165, 1.54) is 32.1 Å². The van der Waals surface area contributed by atoms with E-state index in [0.717, 1.165) is 38.0 Å². The molecule has 0 aromatic rings. The minimum absolute atomic E-state index is 0.0449. The van der Waals surface area contributed by atoms with E-state index in [4.69, 9.17) is 0 Å². The summed E-state index contributed by atoms with van der Waals surface area (Å²) in [4.78, 5) is 0. The lowest BCUT2D eigenvalue weighted by Gasteiger charge is -2.63. The van der Waals surface area contributed by atoms with Gasteiger partial charge in [0.1, 0.15) is 0 Å². The van der Waals surface area contributed by atoms with Gasteiger partial charge in [-0.15, -0.1) is 0 Å². The molecule has 4 aliphatic rings. The maximum atomic E-state index is 11.6. The van der Waals surface area contributed by atoms with Crippen molar-refractivity contribution >= 4 is 0 Å². The molecular weight excluding hydrogens is 372 g/mol. The van der Waals surface area contributed by atoms with E-state index in [2.05, 4.69) is 34.6 Å². The summed E-state index contributed by atoms with van der Waals surface area (Å²) in [6.07, 6.45) is 10.0. The molecule has 0 aromatic carbocycles. The van der Waals surface area contributed by atoms with E-state index in [1.807, 2.05) is 0 Å². The fraction of sp³-hybridized carbons (Fsp3) is 1.00. The highest BCUT2D eigenvalue weighted by molar-refractivity contribution is 5.14. The van der Waals surface area contributed by atoms with Crippen molar-refractivity contribution in [2.75, 3.05) is 0 Å². The van der Waals surface area contributed by atoms with Crippen LogP contribution < -0.4 is 0 Å². The zero-order chi connectivity index (χ0) is 21.8. The Bertz CT molecular complexity index is 605. The van der Waals surface area contributed by atoms with Gasteiger partial charge >= 0.3 is 0 Å². The number of hydrogen-bond donors (Lipinski definition) is 3. The monoisotopic (exact) mass is 420 g/mol. The van der Waals surface area contributed by atoms with Crippen LogP contribution in [0, 0.1) is 52.3 Å². The van der Waals surface area contributed by atoms with Crippen LogP contribution in [0.15, 0.2) is 0 Å². The van der Waals surface area contributed by atoms with Gasteiger partial charge < -0.3 is 15.3 Å². The molecule has 11 atom stereocenters. The molecule has 0 radical (unpaired) electrons. The molecule has 30 heavy (non-hydrogen) atoms. The molecule has 4 rings (SSSR count). The highest BCUT2D eigenvalue weighted by Crippen LogP contribution is 2.68. The topological polar surface area (TPSA) is 60.7 Å². The molecule has 0 spiro atoms. The van der Waals surface area contributed by atoms with Crippen LogP contribution in [0.25, 0.3) is 0 Å². The van der Waals surface area contributed by atoms with Crippen LogP contribution in [0.4, 0.5) is 0 Å². The quantitative estimate of drug-likeness (QED) is 0.557. The van der Waals surface area contributed by atoms with Crippen LogP contribution in [0.5, 0.6) is 0 Å². The lowest BCUT2D eigenvalue weighted by Crippen LogP contribution is -2.62. The molecule has 0 heterocycles. The van der Waals surface area contributed by atoms with Crippen molar-refractivity contribution in [3.8, 4) is 0 Å². The maximum absolute atomic E-state index is 11.6. The first kappa shape index (κ1) is 23.1. The van der Waals surface area contributed by atoms with E-state index in [1.54, 1.807) is 0 Å². The second-order valence-electron chi connectivity index (χ2n) is 12.8. The Balaban J connectivity index is 1.56. The predicted octanol–water partition coefficient (Wildman–Crippen LogP) is 5.41. The van der Waals surface area contributed by atoms with Crippen molar-refractivity contribution < 1.29 is 15.3 Å². The molecular formula is C27H48O3. The Labute approximate surface area is 185 Å². The van der Waals surface area contributed by atoms with Gasteiger partial charge in [-0.1, -0.05) is 53.9 Å². The predicted molar refractivity (Wildman–Crippen MR) is 122 cm³/mol. The third-order valence-electron chi connectivity index (χ3n) is 11.0. The summed E-state index contributed by atoms with van der Waals surface area (Å²) in [6, 6.07) is 0. The van der Waals surface area contributed by atoms with Crippen molar-refractivity contribution in [2.45, 2.75) is 117 Å². The molecule has 0 amide bonds. The van der Waals surface area contributed by atoms with Gasteiger partial charge in [0.25, 0.3) is 0 Å². The Morgan fingerprint density at radius 3 is 2.30 bits per heavy atom. The molecule has 0 saturated heterocycles. The van der Waals surface area contributed by atoms with Gasteiger partial charge in [-0.3, -0.25) is 0 Å². The smallest absolute Gasteiger partial charge is 0.0602 e. The van der Waals surface area contributed by atoms with Crippen LogP contribution in [-0.4, -0.2) is 33.6 Å². The SMILES string of the molecule is CC(C)CCC[C@@H](C)[C@H]1CC[C@H]2[C@@H]3[C@H](O)C[C@@H]4C[C@H](O)CC[C@]4(C)[C@@H]3C[C@H](O)[C@]12C. The van der Waals surface area contributed by atoms with Crippen LogP contribution in [0.1, 0.15) is 98.8 Å². The van der Waals surface area contributed by atoms with E-state index in [9.17, 15) is 15.3 Å². The fourth-order valence-electron chi connectivity index (χ4n) is 9.18. The first-order valence-corrected chi connectivity index (χ1v) is 13.1. The largest absolute Gasteiger partial charge is 0.393 e. The molecule has 3 N–H and O–H groups in total. The minimum Gasteiger partial charge on any atom is -0.393 e. The van der Waals surface area contributed by atoms with E-state index in [-0.39, 0.29) is 29.1 Å². The fourth-order valence-corrected chi connectivity index (χ4v) is 9.18. The number of aliphatic hydroxyl groups is 3. The highest BCUT2D eigenvalue weighted by Gasteiger charge is 2.65. The lowest BCUT2D eigenvalue weighted by molar-refractivity contribution is -0.207. The minimum atomic E-state index is -0.259. The van der Waals surface area contributed by atoms with E-state index >= 15 is 0 Å². The number of aliphatic hydroxyl groups excluding tert-OH is 3. The Morgan fingerprint density at radius 2 is 1.60 bits per heavy atom. The summed E-state index contributed by atoms with van der Waals surface area (Å²) in [7, 11) is 0. The Kier molecular flexibility index (Phi) is 6.41. The van der Waals surface area contributed by atoms with Crippen molar-refractivity contribution in [2.24, 2.45) is 52.3 Å². The summed E-state index contributed by atoms with van der Waals surface area (Å²) in [5, 5.41) is 33.2. The van der Waals surface area contributed by atoms with Crippen molar-refractivity contribution in [1.29, 1.82) is 0 Å². The summed E-state index contributed by atoms with van der Waals surface area (Å²) < 4.78 is 0. The zero-order valence-corrected chi connectivity index (χ0v) is 20.2. The van der Waals surface area contributed by atoms with Crippen molar-refractivity contribution in [1.82, 2.24) is 0 Å². The van der Waals surface area contributed by atoms with Crippen molar-refractivity contribution in [3.63, 3.8) is 0 Å².